The molecule has 1 fully saturated rings. The summed E-state index contributed by atoms with van der Waals surface area (Å²) in [5.41, 5.74) is 1.93. The van der Waals surface area contributed by atoms with Crippen molar-refractivity contribution in [2.24, 2.45) is 0 Å². The van der Waals surface area contributed by atoms with Crippen LogP contribution in [0.2, 0.25) is 0 Å². The number of ether oxygens (including phenoxy) is 2. The summed E-state index contributed by atoms with van der Waals surface area (Å²) in [6, 6.07) is 14.0. The van der Waals surface area contributed by atoms with Gasteiger partial charge in [-0.3, -0.25) is 9.69 Å². The van der Waals surface area contributed by atoms with Gasteiger partial charge in [-0.15, -0.1) is 0 Å². The summed E-state index contributed by atoms with van der Waals surface area (Å²) in [6.07, 6.45) is 1.62. The molecule has 1 aromatic heterocycles. The fourth-order valence-corrected chi connectivity index (χ4v) is 5.64. The predicted molar refractivity (Wildman–Crippen MR) is 147 cm³/mol. The first kappa shape index (κ1) is 25.7. The Kier molecular flexibility index (Phi) is 8.16. The molecule has 0 aliphatic carbocycles. The topological polar surface area (TPSA) is 98.1 Å². The van der Waals surface area contributed by atoms with E-state index in [1.165, 1.54) is 19.2 Å². The first-order chi connectivity index (χ1) is 16.7. The number of benzene rings is 2. The van der Waals surface area contributed by atoms with Crippen molar-refractivity contribution in [2.75, 3.05) is 7.11 Å². The van der Waals surface area contributed by atoms with Crippen LogP contribution in [0.25, 0.3) is 6.08 Å². The van der Waals surface area contributed by atoms with Crippen molar-refractivity contribution >= 4 is 85.1 Å². The molecule has 2 aromatic carbocycles. The van der Waals surface area contributed by atoms with Gasteiger partial charge in [-0.1, -0.05) is 28.1 Å². The summed E-state index contributed by atoms with van der Waals surface area (Å²) in [6.45, 7) is 0.310. The van der Waals surface area contributed by atoms with Crippen LogP contribution in [0.1, 0.15) is 27.4 Å². The van der Waals surface area contributed by atoms with E-state index >= 15 is 0 Å². The Morgan fingerprint density at radius 2 is 1.80 bits per heavy atom. The number of nitrogens with one attached hydrogen (secondary N) is 1. The molecule has 4 rings (SSSR count). The van der Waals surface area contributed by atoms with E-state index < -0.39 is 17.9 Å². The van der Waals surface area contributed by atoms with Gasteiger partial charge in [0, 0.05) is 4.47 Å². The van der Waals surface area contributed by atoms with E-state index in [4.69, 9.17) is 9.15 Å². The lowest BCUT2D eigenvalue weighted by Gasteiger charge is -2.12. The summed E-state index contributed by atoms with van der Waals surface area (Å²) in [5, 5.41) is 2.59. The van der Waals surface area contributed by atoms with Gasteiger partial charge in [0.15, 0.2) is 0 Å². The third-order valence-electron chi connectivity index (χ3n) is 4.95. The number of urea groups is 1. The van der Waals surface area contributed by atoms with Gasteiger partial charge in [0.1, 0.15) is 23.8 Å². The van der Waals surface area contributed by atoms with E-state index in [-0.39, 0.29) is 23.8 Å². The Hall–Kier alpha value is -2.39. The molecule has 2 heterocycles. The minimum Gasteiger partial charge on any atom is -0.487 e. The molecule has 0 spiro atoms. The van der Waals surface area contributed by atoms with Crippen molar-refractivity contribution in [1.82, 2.24) is 10.2 Å². The van der Waals surface area contributed by atoms with Crippen molar-refractivity contribution in [2.45, 2.75) is 13.2 Å². The highest BCUT2D eigenvalue weighted by Gasteiger charge is 2.34. The smallest absolute Gasteiger partial charge is 0.373 e. The molecule has 3 amide bonds. The fourth-order valence-electron chi connectivity index (χ4n) is 3.25. The Bertz CT molecular complexity index is 1310. The summed E-state index contributed by atoms with van der Waals surface area (Å²) >= 11 is 7.79. The summed E-state index contributed by atoms with van der Waals surface area (Å²) in [5.74, 6) is -0.101. The van der Waals surface area contributed by atoms with Crippen LogP contribution in [0, 0.1) is 7.14 Å². The van der Waals surface area contributed by atoms with Crippen LogP contribution < -0.4 is 10.1 Å². The molecule has 1 N–H and O–H groups in total. The quantitative estimate of drug-likeness (QED) is 0.144. The number of nitrogens with zero attached hydrogens (tertiary/aromatic N) is 1. The minimum absolute atomic E-state index is 0.00286. The largest absolute Gasteiger partial charge is 0.487 e. The second kappa shape index (κ2) is 11.1. The van der Waals surface area contributed by atoms with Gasteiger partial charge in [-0.05, 0) is 98.8 Å². The molecule has 8 nitrogen and oxygen atoms in total. The number of hydrogen-bond acceptors (Lipinski definition) is 6. The van der Waals surface area contributed by atoms with Crippen molar-refractivity contribution in [3.8, 4) is 5.75 Å². The average molecular weight is 763 g/mol. The van der Waals surface area contributed by atoms with Gasteiger partial charge >= 0.3 is 12.0 Å². The van der Waals surface area contributed by atoms with Gasteiger partial charge in [0.25, 0.3) is 5.91 Å². The number of halogens is 3. The van der Waals surface area contributed by atoms with Crippen LogP contribution in [0.3, 0.4) is 0 Å². The molecule has 1 saturated heterocycles. The lowest BCUT2D eigenvalue weighted by molar-refractivity contribution is -0.123. The Morgan fingerprint density at radius 3 is 2.46 bits per heavy atom. The first-order valence-corrected chi connectivity index (χ1v) is 13.1. The fraction of sp³-hybridized carbons (Fsp3) is 0.125. The zero-order valence-corrected chi connectivity index (χ0v) is 24.0. The number of amides is 3. The molecule has 1 aliphatic heterocycles. The van der Waals surface area contributed by atoms with Crippen LogP contribution in [0.5, 0.6) is 5.75 Å². The highest BCUT2D eigenvalue weighted by atomic mass is 127. The Morgan fingerprint density at radius 1 is 1.11 bits per heavy atom. The van der Waals surface area contributed by atoms with Gasteiger partial charge in [0.05, 0.1) is 20.8 Å². The van der Waals surface area contributed by atoms with E-state index in [1.54, 1.807) is 6.08 Å². The standard InChI is InChI=1S/C24H17BrI2N2O6/c1-33-23(31)20-7-6-16(35-20)11-29-22(30)19(28-24(29)32)10-14-8-17(26)21(18(27)9-14)34-12-13-2-4-15(25)5-3-13/h2-10H,11-12H2,1H3,(H,28,32)/b19-10-. The van der Waals surface area contributed by atoms with Crippen molar-refractivity contribution < 1.29 is 28.3 Å². The SMILES string of the molecule is COC(=O)c1ccc(CN2C(=O)N/C(=C\c3cc(I)c(OCc4ccc(Br)cc4)c(I)c3)C2=O)o1. The average Bonchev–Trinajstić information content (AvgIpc) is 3.39. The molecule has 35 heavy (non-hydrogen) atoms. The van der Waals surface area contributed by atoms with Crippen LogP contribution >= 0.6 is 61.1 Å². The number of methoxy groups -OCH3 is 1. The van der Waals surface area contributed by atoms with Crippen LogP contribution in [0.15, 0.2) is 63.1 Å². The molecule has 3 aromatic rings. The molecule has 0 unspecified atom stereocenters. The Balaban J connectivity index is 1.47. The van der Waals surface area contributed by atoms with Gasteiger partial charge in [0.2, 0.25) is 5.76 Å². The number of imide groups is 1. The van der Waals surface area contributed by atoms with E-state index in [2.05, 4.69) is 71.2 Å². The first-order valence-electron chi connectivity index (χ1n) is 10.1. The van der Waals surface area contributed by atoms with Crippen LogP contribution in [-0.4, -0.2) is 29.9 Å². The second-order valence-electron chi connectivity index (χ2n) is 7.37. The van der Waals surface area contributed by atoms with E-state index in [1.807, 2.05) is 36.4 Å². The number of rotatable bonds is 7. The van der Waals surface area contributed by atoms with Gasteiger partial charge < -0.3 is 19.2 Å². The minimum atomic E-state index is -0.637. The molecule has 1 aliphatic rings. The molecule has 180 valence electrons. The molecule has 0 saturated carbocycles. The van der Waals surface area contributed by atoms with Crippen molar-refractivity contribution in [3.05, 3.63) is 88.5 Å². The molecule has 0 radical (unpaired) electrons. The molecular formula is C24H17BrI2N2O6. The van der Waals surface area contributed by atoms with Crippen molar-refractivity contribution in [1.29, 1.82) is 0 Å². The summed E-state index contributed by atoms with van der Waals surface area (Å²) in [7, 11) is 1.24. The lowest BCUT2D eigenvalue weighted by Crippen LogP contribution is -2.30. The maximum atomic E-state index is 12.9. The number of carbonyl (C=O) groups excluding carboxylic acids is 3. The van der Waals surface area contributed by atoms with E-state index in [9.17, 15) is 14.4 Å². The lowest BCUT2D eigenvalue weighted by atomic mass is 10.2. The third-order valence-corrected chi connectivity index (χ3v) is 7.08. The predicted octanol–water partition coefficient (Wildman–Crippen LogP) is 5.71. The normalized spacial score (nSPS) is 14.4. The van der Waals surface area contributed by atoms with Crippen LogP contribution in [-0.2, 0) is 22.7 Å². The van der Waals surface area contributed by atoms with E-state index in [0.717, 1.165) is 33.4 Å². The maximum Gasteiger partial charge on any atom is 0.373 e. The van der Waals surface area contributed by atoms with Crippen molar-refractivity contribution in [3.63, 3.8) is 0 Å². The van der Waals surface area contributed by atoms with Gasteiger partial charge in [-0.2, -0.15) is 0 Å². The monoisotopic (exact) mass is 762 g/mol. The maximum absolute atomic E-state index is 12.9. The highest BCUT2D eigenvalue weighted by Crippen LogP contribution is 2.31. The Labute approximate surface area is 236 Å². The summed E-state index contributed by atoms with van der Waals surface area (Å²) in [4.78, 5) is 37.8. The molecular weight excluding hydrogens is 746 g/mol. The number of carbonyl (C=O) groups is 3. The van der Waals surface area contributed by atoms with Gasteiger partial charge in [-0.25, -0.2) is 9.59 Å². The zero-order valence-electron chi connectivity index (χ0n) is 18.1. The second-order valence-corrected chi connectivity index (χ2v) is 10.6. The highest BCUT2D eigenvalue weighted by molar-refractivity contribution is 14.1. The molecule has 0 atom stereocenters. The third kappa shape index (κ3) is 6.06. The number of esters is 1. The van der Waals surface area contributed by atoms with E-state index in [0.29, 0.717) is 6.61 Å². The van der Waals surface area contributed by atoms with Crippen LogP contribution in [0.4, 0.5) is 4.79 Å². The summed E-state index contributed by atoms with van der Waals surface area (Å²) < 4.78 is 18.7. The molecule has 11 heteroatoms. The number of furan rings is 1. The number of hydrogen-bond donors (Lipinski definition) is 1. The molecule has 0 bridgehead atoms. The zero-order chi connectivity index (χ0) is 25.1.